The molecule has 2 fully saturated rings. The molecular weight excluding hydrogens is 164 g/mol. The normalized spacial score (nSPS) is 30.8. The molecule has 0 aromatic carbocycles. The second kappa shape index (κ2) is 4.61. The summed E-state index contributed by atoms with van der Waals surface area (Å²) in [6.07, 6.45) is 1.18. The Bertz CT molecular complexity index is 182. The van der Waals surface area contributed by atoms with Gasteiger partial charge >= 0.3 is 0 Å². The number of amides is 1. The standard InChI is InChI=1S/C8H14N2O.C2H6/c1-7(11)10-5-4-9-3-2-8(10)6-9;1-2/h8H,2-6H2,1H3;1-2H3/t8-;/m1./s1. The van der Waals surface area contributed by atoms with Crippen molar-refractivity contribution in [2.24, 2.45) is 0 Å². The van der Waals surface area contributed by atoms with Crippen LogP contribution in [-0.2, 0) is 4.79 Å². The molecule has 2 aliphatic rings. The largest absolute Gasteiger partial charge is 0.337 e. The monoisotopic (exact) mass is 184 g/mol. The molecule has 0 saturated carbocycles. The molecule has 3 heteroatoms. The first-order chi connectivity index (χ1) is 6.27. The van der Waals surface area contributed by atoms with Gasteiger partial charge < -0.3 is 4.90 Å². The molecule has 1 unspecified atom stereocenters. The van der Waals surface area contributed by atoms with Gasteiger partial charge in [0.15, 0.2) is 0 Å². The molecule has 0 spiro atoms. The van der Waals surface area contributed by atoms with E-state index < -0.39 is 0 Å². The van der Waals surface area contributed by atoms with E-state index in [1.54, 1.807) is 6.92 Å². The van der Waals surface area contributed by atoms with Gasteiger partial charge in [0.25, 0.3) is 0 Å². The number of hydrogen-bond acceptors (Lipinski definition) is 2. The van der Waals surface area contributed by atoms with Crippen LogP contribution in [0.5, 0.6) is 0 Å². The first-order valence-corrected chi connectivity index (χ1v) is 5.27. The molecule has 2 aliphatic heterocycles. The van der Waals surface area contributed by atoms with E-state index in [1.807, 2.05) is 18.7 Å². The summed E-state index contributed by atoms with van der Waals surface area (Å²) in [6.45, 7) is 10.00. The molecule has 2 rings (SSSR count). The SMILES string of the molecule is CC.CC(=O)N1CCN2CC[C@@H]1C2. The molecule has 0 N–H and O–H groups in total. The minimum atomic E-state index is 0.247. The fourth-order valence-corrected chi connectivity index (χ4v) is 2.12. The quantitative estimate of drug-likeness (QED) is 0.559. The maximum atomic E-state index is 11.1. The van der Waals surface area contributed by atoms with E-state index in [0.29, 0.717) is 6.04 Å². The number of carbonyl (C=O) groups is 1. The lowest BCUT2D eigenvalue weighted by Gasteiger charge is -2.33. The summed E-state index contributed by atoms with van der Waals surface area (Å²) in [4.78, 5) is 15.5. The van der Waals surface area contributed by atoms with Crippen LogP contribution in [0.25, 0.3) is 0 Å². The summed E-state index contributed by atoms with van der Waals surface area (Å²) in [5, 5.41) is 0. The lowest BCUT2D eigenvalue weighted by Crippen LogP contribution is -2.48. The predicted molar refractivity (Wildman–Crippen MR) is 53.6 cm³/mol. The predicted octanol–water partition coefficient (Wildman–Crippen LogP) is 0.949. The minimum Gasteiger partial charge on any atom is -0.337 e. The molecule has 1 amide bonds. The Morgan fingerprint density at radius 3 is 2.54 bits per heavy atom. The Labute approximate surface area is 80.7 Å². The fourth-order valence-electron chi connectivity index (χ4n) is 2.12. The van der Waals surface area contributed by atoms with Crippen molar-refractivity contribution in [1.82, 2.24) is 9.80 Å². The molecule has 2 bridgehead atoms. The highest BCUT2D eigenvalue weighted by molar-refractivity contribution is 5.73. The van der Waals surface area contributed by atoms with E-state index in [0.717, 1.165) is 19.6 Å². The van der Waals surface area contributed by atoms with E-state index >= 15 is 0 Å². The number of carbonyl (C=O) groups excluding carboxylic acids is 1. The summed E-state index contributed by atoms with van der Waals surface area (Å²) in [7, 11) is 0. The summed E-state index contributed by atoms with van der Waals surface area (Å²) in [6, 6.07) is 0.529. The fraction of sp³-hybridized carbons (Fsp3) is 0.900. The number of hydrogen-bond donors (Lipinski definition) is 0. The van der Waals surface area contributed by atoms with Gasteiger partial charge in [-0.25, -0.2) is 0 Å². The van der Waals surface area contributed by atoms with Crippen LogP contribution in [0.15, 0.2) is 0 Å². The van der Waals surface area contributed by atoms with Crippen molar-refractivity contribution < 1.29 is 4.79 Å². The molecule has 0 radical (unpaired) electrons. The first-order valence-electron chi connectivity index (χ1n) is 5.27. The highest BCUT2D eigenvalue weighted by Crippen LogP contribution is 2.19. The van der Waals surface area contributed by atoms with E-state index in [9.17, 15) is 4.79 Å². The van der Waals surface area contributed by atoms with E-state index in [4.69, 9.17) is 0 Å². The van der Waals surface area contributed by atoms with E-state index in [2.05, 4.69) is 4.90 Å². The molecule has 0 aliphatic carbocycles. The first kappa shape index (κ1) is 10.5. The smallest absolute Gasteiger partial charge is 0.219 e. The van der Waals surface area contributed by atoms with Gasteiger partial charge in [-0.3, -0.25) is 9.69 Å². The zero-order chi connectivity index (χ0) is 9.84. The molecule has 13 heavy (non-hydrogen) atoms. The summed E-state index contributed by atoms with van der Waals surface area (Å²) in [5.41, 5.74) is 0. The number of piperazine rings is 1. The van der Waals surface area contributed by atoms with E-state index in [1.165, 1.54) is 13.0 Å². The topological polar surface area (TPSA) is 23.6 Å². The Balaban J connectivity index is 0.000000396. The summed E-state index contributed by atoms with van der Waals surface area (Å²) in [5.74, 6) is 0.247. The number of fused-ring (bicyclic) bond motifs is 2. The zero-order valence-electron chi connectivity index (χ0n) is 8.92. The summed E-state index contributed by atoms with van der Waals surface area (Å²) >= 11 is 0. The highest BCUT2D eigenvalue weighted by Gasteiger charge is 2.33. The molecular formula is C10H20N2O. The van der Waals surface area contributed by atoms with Gasteiger partial charge in [0, 0.05) is 39.1 Å². The molecule has 0 aromatic heterocycles. The minimum absolute atomic E-state index is 0.247. The zero-order valence-corrected chi connectivity index (χ0v) is 8.92. The maximum Gasteiger partial charge on any atom is 0.219 e. The van der Waals surface area contributed by atoms with Gasteiger partial charge in [0.1, 0.15) is 0 Å². The Hall–Kier alpha value is -0.570. The second-order valence-electron chi connectivity index (χ2n) is 3.46. The lowest BCUT2D eigenvalue weighted by molar-refractivity contribution is -0.132. The van der Waals surface area contributed by atoms with Gasteiger partial charge in [-0.05, 0) is 6.42 Å². The van der Waals surface area contributed by atoms with Crippen molar-refractivity contribution in [3.63, 3.8) is 0 Å². The van der Waals surface area contributed by atoms with Gasteiger partial charge in [-0.1, -0.05) is 13.8 Å². The molecule has 3 nitrogen and oxygen atoms in total. The number of rotatable bonds is 0. The van der Waals surface area contributed by atoms with Crippen molar-refractivity contribution in [2.45, 2.75) is 33.2 Å². The number of nitrogens with zero attached hydrogens (tertiary/aromatic N) is 2. The van der Waals surface area contributed by atoms with Crippen LogP contribution in [-0.4, -0.2) is 47.9 Å². The maximum absolute atomic E-state index is 11.1. The Morgan fingerprint density at radius 1 is 1.23 bits per heavy atom. The van der Waals surface area contributed by atoms with Crippen molar-refractivity contribution in [2.75, 3.05) is 26.2 Å². The van der Waals surface area contributed by atoms with Gasteiger partial charge in [-0.2, -0.15) is 0 Å². The van der Waals surface area contributed by atoms with Crippen molar-refractivity contribution in [3.8, 4) is 0 Å². The highest BCUT2D eigenvalue weighted by atomic mass is 16.2. The van der Waals surface area contributed by atoms with Crippen molar-refractivity contribution >= 4 is 5.91 Å². The summed E-state index contributed by atoms with van der Waals surface area (Å²) < 4.78 is 0. The van der Waals surface area contributed by atoms with Crippen LogP contribution in [0.4, 0.5) is 0 Å². The third kappa shape index (κ3) is 2.21. The van der Waals surface area contributed by atoms with Gasteiger partial charge in [-0.15, -0.1) is 0 Å². The van der Waals surface area contributed by atoms with Crippen molar-refractivity contribution in [3.05, 3.63) is 0 Å². The molecule has 2 heterocycles. The molecule has 76 valence electrons. The van der Waals surface area contributed by atoms with Gasteiger partial charge in [0.2, 0.25) is 5.91 Å². The average molecular weight is 184 g/mol. The third-order valence-electron chi connectivity index (χ3n) is 2.75. The third-order valence-corrected chi connectivity index (χ3v) is 2.75. The van der Waals surface area contributed by atoms with Crippen LogP contribution >= 0.6 is 0 Å². The van der Waals surface area contributed by atoms with Crippen LogP contribution in [0.2, 0.25) is 0 Å². The van der Waals surface area contributed by atoms with Crippen LogP contribution < -0.4 is 0 Å². The van der Waals surface area contributed by atoms with Crippen LogP contribution in [0.1, 0.15) is 27.2 Å². The average Bonchev–Trinajstić information content (AvgIpc) is 2.51. The van der Waals surface area contributed by atoms with Crippen LogP contribution in [0, 0.1) is 0 Å². The molecule has 0 aromatic rings. The van der Waals surface area contributed by atoms with E-state index in [-0.39, 0.29) is 5.91 Å². The Kier molecular flexibility index (Phi) is 3.72. The van der Waals surface area contributed by atoms with Gasteiger partial charge in [0.05, 0.1) is 0 Å². The molecule has 2 atom stereocenters. The van der Waals surface area contributed by atoms with Crippen molar-refractivity contribution in [1.29, 1.82) is 0 Å². The van der Waals surface area contributed by atoms with Crippen LogP contribution in [0.3, 0.4) is 0 Å². The Morgan fingerprint density at radius 2 is 1.92 bits per heavy atom. The molecule has 2 saturated heterocycles. The second-order valence-corrected chi connectivity index (χ2v) is 3.46. The lowest BCUT2D eigenvalue weighted by atomic mass is 10.2.